The molecule has 3 rings (SSSR count). The van der Waals surface area contributed by atoms with Crippen LogP contribution < -0.4 is 16.2 Å². The van der Waals surface area contributed by atoms with Crippen LogP contribution in [-0.2, 0) is 13.5 Å². The van der Waals surface area contributed by atoms with Gasteiger partial charge in [0.05, 0.1) is 5.69 Å². The van der Waals surface area contributed by atoms with Crippen LogP contribution >= 0.6 is 11.6 Å². The van der Waals surface area contributed by atoms with Crippen molar-refractivity contribution in [1.82, 2.24) is 25.2 Å². The standard InChI is InChI=1S/C24H34ClN7O/c1-7-8-15(4)9-10-17-11-18(12-20(25)26-17)27-24(33)30-29-21-13-19(14(2)3)22-16(5)31-32(6)23(22)28-21/h11-15H,7-10H2,1-6H3,(H,28,29)(H2,26,27,30,33). The minimum Gasteiger partial charge on any atom is -0.306 e. The van der Waals surface area contributed by atoms with E-state index in [0.717, 1.165) is 40.8 Å². The second-order valence-corrected chi connectivity index (χ2v) is 9.35. The quantitative estimate of drug-likeness (QED) is 0.264. The number of carbonyl (C=O) groups excluding carboxylic acids is 1. The van der Waals surface area contributed by atoms with Crippen LogP contribution in [0, 0.1) is 12.8 Å². The lowest BCUT2D eigenvalue weighted by Crippen LogP contribution is -2.34. The molecule has 0 fully saturated rings. The molecule has 3 heterocycles. The normalized spacial score (nSPS) is 12.2. The number of pyridine rings is 2. The number of aromatic nitrogens is 4. The molecule has 33 heavy (non-hydrogen) atoms. The molecule has 2 amide bonds. The Morgan fingerprint density at radius 1 is 1.15 bits per heavy atom. The number of nitrogens with one attached hydrogen (secondary N) is 3. The maximum atomic E-state index is 12.5. The number of hydrazine groups is 1. The van der Waals surface area contributed by atoms with E-state index in [0.29, 0.717) is 22.6 Å². The SMILES string of the molecule is CCCC(C)CCc1cc(NC(=O)NNc2cc(C(C)C)c3c(C)nn(C)c3n2)cc(Cl)n1. The van der Waals surface area contributed by atoms with Crippen LogP contribution in [0.3, 0.4) is 0 Å². The summed E-state index contributed by atoms with van der Waals surface area (Å²) in [6.45, 7) is 10.7. The van der Waals surface area contributed by atoms with Crippen LogP contribution in [0.5, 0.6) is 0 Å². The molecule has 3 aromatic rings. The van der Waals surface area contributed by atoms with Crippen LogP contribution in [0.4, 0.5) is 16.3 Å². The summed E-state index contributed by atoms with van der Waals surface area (Å²) in [5, 5.41) is 8.71. The summed E-state index contributed by atoms with van der Waals surface area (Å²) in [5.41, 5.74) is 9.86. The third kappa shape index (κ3) is 6.35. The van der Waals surface area contributed by atoms with Crippen molar-refractivity contribution >= 4 is 40.2 Å². The fourth-order valence-electron chi connectivity index (χ4n) is 4.06. The van der Waals surface area contributed by atoms with Crippen LogP contribution in [0.1, 0.15) is 69.8 Å². The number of hydrogen-bond donors (Lipinski definition) is 3. The smallest absolute Gasteiger partial charge is 0.306 e. The topological polar surface area (TPSA) is 96.8 Å². The van der Waals surface area contributed by atoms with E-state index in [2.05, 4.69) is 58.9 Å². The molecule has 0 aliphatic heterocycles. The first kappa shape index (κ1) is 24.8. The maximum absolute atomic E-state index is 12.5. The highest BCUT2D eigenvalue weighted by Crippen LogP contribution is 2.29. The highest BCUT2D eigenvalue weighted by Gasteiger charge is 2.16. The van der Waals surface area contributed by atoms with Gasteiger partial charge in [0, 0.05) is 23.8 Å². The lowest BCUT2D eigenvalue weighted by molar-refractivity contribution is 0.254. The van der Waals surface area contributed by atoms with Gasteiger partial charge in [0.25, 0.3) is 0 Å². The van der Waals surface area contributed by atoms with Gasteiger partial charge in [-0.05, 0) is 55.4 Å². The lowest BCUT2D eigenvalue weighted by atomic mass is 9.99. The van der Waals surface area contributed by atoms with Gasteiger partial charge in [0.15, 0.2) is 5.65 Å². The number of rotatable bonds is 9. The Morgan fingerprint density at radius 2 is 1.91 bits per heavy atom. The Balaban J connectivity index is 1.67. The number of halogens is 1. The highest BCUT2D eigenvalue weighted by molar-refractivity contribution is 6.29. The average molecular weight is 472 g/mol. The fraction of sp³-hybridized carbons (Fsp3) is 0.500. The van der Waals surface area contributed by atoms with Gasteiger partial charge >= 0.3 is 6.03 Å². The molecule has 0 aliphatic rings. The van der Waals surface area contributed by atoms with Crippen LogP contribution in [0.25, 0.3) is 11.0 Å². The summed E-state index contributed by atoms with van der Waals surface area (Å²) in [6.07, 6.45) is 4.22. The average Bonchev–Trinajstić information content (AvgIpc) is 3.03. The Kier molecular flexibility index (Phi) is 8.13. The number of anilines is 2. The summed E-state index contributed by atoms with van der Waals surface area (Å²) in [4.78, 5) is 21.5. The molecular weight excluding hydrogens is 438 g/mol. The molecule has 3 aromatic heterocycles. The molecule has 0 saturated carbocycles. The zero-order chi connectivity index (χ0) is 24.1. The summed E-state index contributed by atoms with van der Waals surface area (Å²) >= 11 is 6.19. The van der Waals surface area contributed by atoms with Gasteiger partial charge < -0.3 is 5.32 Å². The first-order valence-electron chi connectivity index (χ1n) is 11.5. The minimum atomic E-state index is -0.420. The summed E-state index contributed by atoms with van der Waals surface area (Å²) in [7, 11) is 1.87. The number of amides is 2. The van der Waals surface area contributed by atoms with Gasteiger partial charge in [-0.3, -0.25) is 15.5 Å². The minimum absolute atomic E-state index is 0.283. The van der Waals surface area contributed by atoms with Gasteiger partial charge in [0.1, 0.15) is 11.0 Å². The number of nitrogens with zero attached hydrogens (tertiary/aromatic N) is 4. The zero-order valence-electron chi connectivity index (χ0n) is 20.3. The maximum Gasteiger partial charge on any atom is 0.337 e. The second-order valence-electron chi connectivity index (χ2n) is 8.97. The van der Waals surface area contributed by atoms with Gasteiger partial charge in [-0.15, -0.1) is 0 Å². The molecule has 9 heteroatoms. The molecule has 3 N–H and O–H groups in total. The first-order chi connectivity index (χ1) is 15.7. The molecule has 8 nitrogen and oxygen atoms in total. The van der Waals surface area contributed by atoms with Crippen molar-refractivity contribution < 1.29 is 4.79 Å². The Labute approximate surface area is 200 Å². The number of fused-ring (bicyclic) bond motifs is 1. The summed E-state index contributed by atoms with van der Waals surface area (Å²) < 4.78 is 1.75. The third-order valence-electron chi connectivity index (χ3n) is 5.71. The number of hydrogen-bond acceptors (Lipinski definition) is 5. The fourth-order valence-corrected chi connectivity index (χ4v) is 4.29. The zero-order valence-corrected chi connectivity index (χ0v) is 21.0. The molecule has 0 radical (unpaired) electrons. The van der Waals surface area contributed by atoms with E-state index in [1.54, 1.807) is 10.7 Å². The highest BCUT2D eigenvalue weighted by atomic mass is 35.5. The van der Waals surface area contributed by atoms with Gasteiger partial charge in [-0.2, -0.15) is 5.10 Å². The van der Waals surface area contributed by atoms with Gasteiger partial charge in [-0.1, -0.05) is 52.1 Å². The third-order valence-corrected chi connectivity index (χ3v) is 5.90. The van der Waals surface area contributed by atoms with Crippen molar-refractivity contribution in [3.05, 3.63) is 40.3 Å². The number of urea groups is 1. The van der Waals surface area contributed by atoms with Crippen LogP contribution in [0.2, 0.25) is 5.15 Å². The second kappa shape index (κ2) is 10.8. The predicted octanol–water partition coefficient (Wildman–Crippen LogP) is 5.97. The summed E-state index contributed by atoms with van der Waals surface area (Å²) in [6, 6.07) is 5.03. The molecule has 0 aliphatic carbocycles. The molecule has 0 saturated heterocycles. The van der Waals surface area contributed by atoms with E-state index < -0.39 is 6.03 Å². The van der Waals surface area contributed by atoms with Crippen molar-refractivity contribution in [1.29, 1.82) is 0 Å². The summed E-state index contributed by atoms with van der Waals surface area (Å²) in [5.74, 6) is 1.45. The van der Waals surface area contributed by atoms with Crippen molar-refractivity contribution in [2.75, 3.05) is 10.7 Å². The number of carbonyl (C=O) groups is 1. The van der Waals surface area contributed by atoms with E-state index in [1.807, 2.05) is 26.1 Å². The monoisotopic (exact) mass is 471 g/mol. The van der Waals surface area contributed by atoms with Gasteiger partial charge in [-0.25, -0.2) is 14.8 Å². The number of aryl methyl sites for hydroxylation is 3. The molecule has 178 valence electrons. The van der Waals surface area contributed by atoms with Crippen LogP contribution in [0.15, 0.2) is 18.2 Å². The van der Waals surface area contributed by atoms with E-state index in [4.69, 9.17) is 11.6 Å². The van der Waals surface area contributed by atoms with Crippen molar-refractivity contribution in [3.63, 3.8) is 0 Å². The van der Waals surface area contributed by atoms with E-state index in [9.17, 15) is 4.79 Å². The molecule has 1 atom stereocenters. The van der Waals surface area contributed by atoms with Crippen molar-refractivity contribution in [3.8, 4) is 0 Å². The first-order valence-corrected chi connectivity index (χ1v) is 11.9. The largest absolute Gasteiger partial charge is 0.337 e. The molecule has 0 bridgehead atoms. The predicted molar refractivity (Wildman–Crippen MR) is 135 cm³/mol. The molecular formula is C24H34ClN7O. The van der Waals surface area contributed by atoms with E-state index >= 15 is 0 Å². The van der Waals surface area contributed by atoms with E-state index in [-0.39, 0.29) is 5.92 Å². The van der Waals surface area contributed by atoms with Crippen molar-refractivity contribution in [2.24, 2.45) is 13.0 Å². The van der Waals surface area contributed by atoms with Crippen LogP contribution in [-0.4, -0.2) is 25.8 Å². The Hall–Kier alpha value is -2.87. The van der Waals surface area contributed by atoms with Crippen molar-refractivity contribution in [2.45, 2.75) is 66.2 Å². The lowest BCUT2D eigenvalue weighted by Gasteiger charge is -2.14. The Morgan fingerprint density at radius 3 is 2.61 bits per heavy atom. The van der Waals surface area contributed by atoms with Gasteiger partial charge in [0.2, 0.25) is 0 Å². The molecule has 0 aromatic carbocycles. The molecule has 0 spiro atoms. The molecule has 1 unspecified atom stereocenters. The Bertz CT molecular complexity index is 1130. The van der Waals surface area contributed by atoms with E-state index in [1.165, 1.54) is 12.8 Å².